The number of esters is 1. The highest BCUT2D eigenvalue weighted by Gasteiger charge is 2.42. The Balaban J connectivity index is 0.000000424. The smallest absolute Gasteiger partial charge is 0.326 e. The molecule has 13 heavy (non-hydrogen) atoms. The van der Waals surface area contributed by atoms with E-state index < -0.39 is 0 Å². The molecule has 1 unspecified atom stereocenters. The van der Waals surface area contributed by atoms with E-state index in [1.165, 1.54) is 7.11 Å². The van der Waals surface area contributed by atoms with Crippen molar-refractivity contribution < 1.29 is 19.4 Å². The lowest BCUT2D eigenvalue weighted by molar-refractivity contribution is -0.152. The Labute approximate surface area is 77.1 Å². The molecule has 0 aliphatic carbocycles. The van der Waals surface area contributed by atoms with E-state index in [1.807, 2.05) is 6.92 Å². The predicted molar refractivity (Wildman–Crippen MR) is 46.4 cm³/mol. The molecular formula is C8H15NO4. The Morgan fingerprint density at radius 3 is 2.31 bits per heavy atom. The van der Waals surface area contributed by atoms with Gasteiger partial charge in [0.05, 0.1) is 7.11 Å². The molecule has 2 N–H and O–H groups in total. The average Bonchev–Trinajstić information content (AvgIpc) is 2.04. The first-order chi connectivity index (χ1) is 6.16. The van der Waals surface area contributed by atoms with Gasteiger partial charge in [0.1, 0.15) is 5.54 Å². The third kappa shape index (κ3) is 2.69. The fourth-order valence-corrected chi connectivity index (χ4v) is 1.24. The fourth-order valence-electron chi connectivity index (χ4n) is 1.24. The van der Waals surface area contributed by atoms with Crippen molar-refractivity contribution in [3.63, 3.8) is 0 Å². The molecule has 0 spiro atoms. The Hall–Kier alpha value is -1.10. The van der Waals surface area contributed by atoms with E-state index >= 15 is 0 Å². The zero-order chi connectivity index (χ0) is 10.3. The summed E-state index contributed by atoms with van der Waals surface area (Å²) in [4.78, 5) is 19.4. The molecule has 1 fully saturated rings. The van der Waals surface area contributed by atoms with Crippen LogP contribution in [0.3, 0.4) is 0 Å². The molecule has 0 saturated carbocycles. The van der Waals surface area contributed by atoms with Gasteiger partial charge in [-0.15, -0.1) is 0 Å². The zero-order valence-corrected chi connectivity index (χ0v) is 7.87. The van der Waals surface area contributed by atoms with Crippen LogP contribution in [0.1, 0.15) is 19.8 Å². The molecule has 0 amide bonds. The second-order valence-corrected chi connectivity index (χ2v) is 2.71. The lowest BCUT2D eigenvalue weighted by Crippen LogP contribution is -2.62. The van der Waals surface area contributed by atoms with Gasteiger partial charge in [-0.2, -0.15) is 0 Å². The molecule has 0 aromatic carbocycles. The van der Waals surface area contributed by atoms with Crippen molar-refractivity contribution in [2.75, 3.05) is 13.7 Å². The molecule has 0 radical (unpaired) electrons. The molecule has 1 heterocycles. The van der Waals surface area contributed by atoms with Gasteiger partial charge in [0, 0.05) is 0 Å². The van der Waals surface area contributed by atoms with Gasteiger partial charge in [0.15, 0.2) is 0 Å². The van der Waals surface area contributed by atoms with Crippen LogP contribution in [0.15, 0.2) is 0 Å². The van der Waals surface area contributed by atoms with E-state index in [9.17, 15) is 4.79 Å². The summed E-state index contributed by atoms with van der Waals surface area (Å²) in [7, 11) is 1.43. The van der Waals surface area contributed by atoms with E-state index in [-0.39, 0.29) is 18.0 Å². The maximum atomic E-state index is 11.1. The fraction of sp³-hybridized carbons (Fsp3) is 0.750. The van der Waals surface area contributed by atoms with Crippen LogP contribution in [0.5, 0.6) is 0 Å². The van der Waals surface area contributed by atoms with E-state index in [2.05, 4.69) is 10.1 Å². The number of hydrogen-bond acceptors (Lipinski definition) is 4. The normalized spacial score (nSPS) is 24.8. The first kappa shape index (κ1) is 11.9. The highest BCUT2D eigenvalue weighted by Crippen LogP contribution is 2.23. The first-order valence-corrected chi connectivity index (χ1v) is 4.08. The Kier molecular flexibility index (Phi) is 5.06. The summed E-state index contributed by atoms with van der Waals surface area (Å²) in [5.41, 5.74) is -0.339. The summed E-state index contributed by atoms with van der Waals surface area (Å²) in [6.07, 6.45) is 1.73. The molecule has 0 aromatic heterocycles. The Bertz CT molecular complexity index is 171. The van der Waals surface area contributed by atoms with Crippen LogP contribution in [-0.2, 0) is 14.3 Å². The lowest BCUT2D eigenvalue weighted by atomic mass is 9.85. The number of nitrogens with one attached hydrogen (secondary N) is 1. The van der Waals surface area contributed by atoms with Gasteiger partial charge in [0.2, 0.25) is 0 Å². The van der Waals surface area contributed by atoms with Crippen molar-refractivity contribution in [3.8, 4) is 0 Å². The van der Waals surface area contributed by atoms with Crippen molar-refractivity contribution in [2.45, 2.75) is 25.3 Å². The molecule has 0 bridgehead atoms. The quantitative estimate of drug-likeness (QED) is 0.472. The van der Waals surface area contributed by atoms with Crippen molar-refractivity contribution in [2.24, 2.45) is 0 Å². The third-order valence-electron chi connectivity index (χ3n) is 2.19. The molecule has 1 saturated heterocycles. The van der Waals surface area contributed by atoms with Gasteiger partial charge >= 0.3 is 5.97 Å². The second-order valence-electron chi connectivity index (χ2n) is 2.71. The van der Waals surface area contributed by atoms with Gasteiger partial charge in [0.25, 0.3) is 6.47 Å². The van der Waals surface area contributed by atoms with Crippen molar-refractivity contribution in [3.05, 3.63) is 0 Å². The minimum Gasteiger partial charge on any atom is -0.483 e. The highest BCUT2D eigenvalue weighted by molar-refractivity contribution is 5.81. The van der Waals surface area contributed by atoms with Crippen molar-refractivity contribution in [1.29, 1.82) is 0 Å². The van der Waals surface area contributed by atoms with Crippen LogP contribution in [0, 0.1) is 0 Å². The molecule has 1 aliphatic rings. The minimum absolute atomic E-state index is 0.124. The molecule has 1 rings (SSSR count). The van der Waals surface area contributed by atoms with E-state index in [4.69, 9.17) is 9.90 Å². The van der Waals surface area contributed by atoms with Crippen molar-refractivity contribution >= 4 is 12.4 Å². The maximum absolute atomic E-state index is 11.1. The van der Waals surface area contributed by atoms with Gasteiger partial charge in [-0.25, -0.2) is 0 Å². The molecule has 76 valence electrons. The van der Waals surface area contributed by atoms with Crippen LogP contribution >= 0.6 is 0 Å². The van der Waals surface area contributed by atoms with E-state index in [1.54, 1.807) is 0 Å². The summed E-state index contributed by atoms with van der Waals surface area (Å²) in [6.45, 7) is 2.67. The number of methoxy groups -OCH3 is 1. The summed E-state index contributed by atoms with van der Waals surface area (Å²) >= 11 is 0. The maximum Gasteiger partial charge on any atom is 0.326 e. The van der Waals surface area contributed by atoms with Gasteiger partial charge < -0.3 is 15.2 Å². The van der Waals surface area contributed by atoms with Crippen molar-refractivity contribution in [1.82, 2.24) is 5.32 Å². The minimum atomic E-state index is -0.339. The number of hydrogen-bond donors (Lipinski definition) is 2. The Morgan fingerprint density at radius 2 is 2.23 bits per heavy atom. The lowest BCUT2D eigenvalue weighted by Gasteiger charge is -2.39. The number of rotatable bonds is 2. The largest absolute Gasteiger partial charge is 0.483 e. The van der Waals surface area contributed by atoms with Crippen LogP contribution in [0.4, 0.5) is 0 Å². The first-order valence-electron chi connectivity index (χ1n) is 4.08. The van der Waals surface area contributed by atoms with E-state index in [0.717, 1.165) is 19.4 Å². The monoisotopic (exact) mass is 189 g/mol. The topological polar surface area (TPSA) is 75.6 Å². The van der Waals surface area contributed by atoms with Crippen LogP contribution < -0.4 is 5.32 Å². The summed E-state index contributed by atoms with van der Waals surface area (Å²) in [5, 5.41) is 9.97. The summed E-state index contributed by atoms with van der Waals surface area (Å²) in [5.74, 6) is -0.124. The number of carboxylic acid groups (broad SMARTS) is 1. The predicted octanol–water partition coefficient (Wildman–Crippen LogP) is 0.00230. The van der Waals surface area contributed by atoms with Crippen LogP contribution in [0.2, 0.25) is 0 Å². The molecule has 1 atom stereocenters. The van der Waals surface area contributed by atoms with Gasteiger partial charge in [-0.1, -0.05) is 6.92 Å². The SMILES string of the molecule is CCC1(C(=O)OC)CCN1.O=CO. The third-order valence-corrected chi connectivity index (χ3v) is 2.19. The van der Waals surface area contributed by atoms with Crippen LogP contribution in [0.25, 0.3) is 0 Å². The zero-order valence-electron chi connectivity index (χ0n) is 7.87. The molecule has 5 heteroatoms. The van der Waals surface area contributed by atoms with Gasteiger partial charge in [-0.05, 0) is 19.4 Å². The second kappa shape index (κ2) is 5.53. The Morgan fingerprint density at radius 1 is 1.77 bits per heavy atom. The molecule has 1 aliphatic heterocycles. The highest BCUT2D eigenvalue weighted by atomic mass is 16.5. The number of carbonyl (C=O) groups excluding carboxylic acids is 1. The van der Waals surface area contributed by atoms with E-state index in [0.29, 0.717) is 0 Å². The average molecular weight is 189 g/mol. The van der Waals surface area contributed by atoms with Gasteiger partial charge in [-0.3, -0.25) is 9.59 Å². The number of ether oxygens (including phenoxy) is 1. The van der Waals surface area contributed by atoms with Crippen LogP contribution in [-0.4, -0.2) is 36.7 Å². The molecular weight excluding hydrogens is 174 g/mol. The molecule has 0 aromatic rings. The summed E-state index contributed by atoms with van der Waals surface area (Å²) < 4.78 is 4.65. The molecule has 5 nitrogen and oxygen atoms in total. The standard InChI is InChI=1S/C7H13NO2.CH2O2/c1-3-7(4-5-8-7)6(9)10-2;2-1-3/h8H,3-5H2,1-2H3;1H,(H,2,3). The summed E-state index contributed by atoms with van der Waals surface area (Å²) in [6, 6.07) is 0. The number of carbonyl (C=O) groups is 2.